The number of hydrogen-bond acceptors (Lipinski definition) is 4. The number of carbonyl (C=O) groups is 2. The monoisotopic (exact) mass is 365 g/mol. The number of nitrogens with one attached hydrogen (secondary N) is 2. The van der Waals surface area contributed by atoms with Gasteiger partial charge in [-0.15, -0.1) is 0 Å². The van der Waals surface area contributed by atoms with Gasteiger partial charge in [-0.1, -0.05) is 41.4 Å². The summed E-state index contributed by atoms with van der Waals surface area (Å²) in [7, 11) is 1.46. The number of rotatable bonds is 4. The highest BCUT2D eigenvalue weighted by Gasteiger charge is 2.14. The number of methoxy groups -OCH3 is 1. The number of carbonyl (C=O) groups excluding carboxylic acids is 2. The van der Waals surface area contributed by atoms with Crippen LogP contribution in [-0.4, -0.2) is 25.1 Å². The molecule has 0 radical (unpaired) electrons. The second kappa shape index (κ2) is 8.33. The molecular weight excluding hydrogens is 353 g/mol. The summed E-state index contributed by atoms with van der Waals surface area (Å²) in [6, 6.07) is 11.5. The Morgan fingerprint density at radius 2 is 1.88 bits per heavy atom. The molecule has 0 saturated heterocycles. The molecule has 0 atom stereocenters. The number of amides is 2. The smallest absolute Gasteiger partial charge is 0.329 e. The molecule has 0 bridgehead atoms. The van der Waals surface area contributed by atoms with Gasteiger partial charge in [0.1, 0.15) is 5.75 Å². The van der Waals surface area contributed by atoms with Crippen molar-refractivity contribution in [3.8, 4) is 5.75 Å². The van der Waals surface area contributed by atoms with Crippen LogP contribution < -0.4 is 15.5 Å². The van der Waals surface area contributed by atoms with Gasteiger partial charge in [0.25, 0.3) is 0 Å². The molecule has 24 heavy (non-hydrogen) atoms. The minimum atomic E-state index is -0.928. The first-order valence-electron chi connectivity index (χ1n) is 6.73. The fraction of sp³-hybridized carbons (Fsp3) is 0.0625. The quantitative estimate of drug-likeness (QED) is 0.496. The highest BCUT2D eigenvalue weighted by molar-refractivity contribution is 6.40. The average molecular weight is 366 g/mol. The molecule has 0 heterocycles. The van der Waals surface area contributed by atoms with E-state index in [2.05, 4.69) is 15.8 Å². The maximum atomic E-state index is 11.8. The molecule has 2 N–H and O–H groups in total. The van der Waals surface area contributed by atoms with Gasteiger partial charge in [0, 0.05) is 10.6 Å². The van der Waals surface area contributed by atoms with Crippen molar-refractivity contribution in [2.45, 2.75) is 0 Å². The number of para-hydroxylation sites is 2. The molecule has 0 aliphatic rings. The lowest BCUT2D eigenvalue weighted by atomic mass is 10.2. The fourth-order valence-electron chi connectivity index (χ4n) is 1.74. The maximum Gasteiger partial charge on any atom is 0.329 e. The first-order chi connectivity index (χ1) is 11.5. The van der Waals surface area contributed by atoms with E-state index in [1.54, 1.807) is 42.5 Å². The topological polar surface area (TPSA) is 79.8 Å². The molecule has 6 nitrogen and oxygen atoms in total. The molecule has 0 aliphatic carbocycles. The summed E-state index contributed by atoms with van der Waals surface area (Å²) in [4.78, 5) is 23.6. The van der Waals surface area contributed by atoms with E-state index in [1.165, 1.54) is 13.3 Å². The van der Waals surface area contributed by atoms with Crippen LogP contribution in [0, 0.1) is 0 Å². The Balaban J connectivity index is 1.96. The molecule has 2 aromatic carbocycles. The number of halogens is 2. The summed E-state index contributed by atoms with van der Waals surface area (Å²) in [5, 5.41) is 6.99. The van der Waals surface area contributed by atoms with E-state index >= 15 is 0 Å². The van der Waals surface area contributed by atoms with E-state index in [1.807, 2.05) is 0 Å². The molecular formula is C16H13Cl2N3O3. The van der Waals surface area contributed by atoms with E-state index in [-0.39, 0.29) is 0 Å². The summed E-state index contributed by atoms with van der Waals surface area (Å²) < 4.78 is 5.09. The first kappa shape index (κ1) is 17.8. The Bertz CT molecular complexity index is 794. The van der Waals surface area contributed by atoms with E-state index < -0.39 is 11.8 Å². The van der Waals surface area contributed by atoms with Crippen molar-refractivity contribution in [2.24, 2.45) is 5.10 Å². The lowest BCUT2D eigenvalue weighted by Gasteiger charge is -2.08. The van der Waals surface area contributed by atoms with Crippen LogP contribution in [0.3, 0.4) is 0 Å². The number of benzene rings is 2. The van der Waals surface area contributed by atoms with Gasteiger partial charge in [-0.25, -0.2) is 5.43 Å². The van der Waals surface area contributed by atoms with Gasteiger partial charge in [-0.3, -0.25) is 9.59 Å². The number of hydrazone groups is 1. The summed E-state index contributed by atoms with van der Waals surface area (Å²) >= 11 is 11.7. The van der Waals surface area contributed by atoms with Crippen molar-refractivity contribution in [1.82, 2.24) is 5.43 Å². The van der Waals surface area contributed by atoms with Gasteiger partial charge in [0.2, 0.25) is 0 Å². The van der Waals surface area contributed by atoms with Gasteiger partial charge in [0.05, 0.1) is 24.0 Å². The zero-order chi connectivity index (χ0) is 17.5. The molecule has 0 saturated carbocycles. The second-order valence-corrected chi connectivity index (χ2v) is 5.36. The molecule has 0 spiro atoms. The summed E-state index contributed by atoms with van der Waals surface area (Å²) in [5.41, 5.74) is 3.04. The minimum Gasteiger partial charge on any atom is -0.495 e. The molecule has 8 heteroatoms. The van der Waals surface area contributed by atoms with E-state index in [4.69, 9.17) is 27.9 Å². The predicted octanol–water partition coefficient (Wildman–Crippen LogP) is 3.09. The van der Waals surface area contributed by atoms with Crippen LogP contribution in [0.4, 0.5) is 5.69 Å². The molecule has 2 rings (SSSR count). The van der Waals surface area contributed by atoms with Crippen LogP contribution in [-0.2, 0) is 9.59 Å². The van der Waals surface area contributed by atoms with Crippen LogP contribution >= 0.6 is 23.2 Å². The molecule has 0 aromatic heterocycles. The van der Waals surface area contributed by atoms with Crippen LogP contribution in [0.1, 0.15) is 5.56 Å². The summed E-state index contributed by atoms with van der Waals surface area (Å²) in [6.45, 7) is 0. The maximum absolute atomic E-state index is 11.8. The zero-order valence-corrected chi connectivity index (χ0v) is 14.1. The number of ether oxygens (including phenoxy) is 1. The number of anilines is 1. The Labute approximate surface area is 148 Å². The predicted molar refractivity (Wildman–Crippen MR) is 93.8 cm³/mol. The van der Waals surface area contributed by atoms with E-state index in [9.17, 15) is 9.59 Å². The van der Waals surface area contributed by atoms with Crippen molar-refractivity contribution >= 4 is 46.9 Å². The molecule has 2 amide bonds. The third kappa shape index (κ3) is 4.71. The van der Waals surface area contributed by atoms with Gasteiger partial charge >= 0.3 is 11.8 Å². The Hall–Kier alpha value is -2.57. The minimum absolute atomic E-state index is 0.374. The number of hydrogen-bond donors (Lipinski definition) is 2. The highest BCUT2D eigenvalue weighted by Crippen LogP contribution is 2.22. The summed E-state index contributed by atoms with van der Waals surface area (Å²) in [6.07, 6.45) is 1.31. The van der Waals surface area contributed by atoms with Crippen LogP contribution in [0.25, 0.3) is 0 Å². The van der Waals surface area contributed by atoms with Gasteiger partial charge in [-0.05, 0) is 24.3 Å². The lowest BCUT2D eigenvalue weighted by molar-refractivity contribution is -0.136. The third-order valence-electron chi connectivity index (χ3n) is 2.89. The lowest BCUT2D eigenvalue weighted by Crippen LogP contribution is -2.32. The second-order valence-electron chi connectivity index (χ2n) is 4.52. The molecule has 0 fully saturated rings. The van der Waals surface area contributed by atoms with Gasteiger partial charge in [0.15, 0.2) is 0 Å². The SMILES string of the molecule is COc1ccccc1NC(=O)C(=O)N/N=C/c1ccc(Cl)cc1Cl. The standard InChI is InChI=1S/C16H13Cl2N3O3/c1-24-14-5-3-2-4-13(14)20-15(22)16(23)21-19-9-10-6-7-11(17)8-12(10)18/h2-9H,1H3,(H,20,22)(H,21,23)/b19-9+. The normalized spacial score (nSPS) is 10.5. The van der Waals surface area contributed by atoms with Crippen LogP contribution in [0.15, 0.2) is 47.6 Å². The first-order valence-corrected chi connectivity index (χ1v) is 7.49. The van der Waals surface area contributed by atoms with E-state index in [0.29, 0.717) is 27.0 Å². The Kier molecular flexibility index (Phi) is 6.17. The molecule has 2 aromatic rings. The van der Waals surface area contributed by atoms with Gasteiger partial charge < -0.3 is 10.1 Å². The van der Waals surface area contributed by atoms with Crippen molar-refractivity contribution in [1.29, 1.82) is 0 Å². The Morgan fingerprint density at radius 3 is 2.58 bits per heavy atom. The molecule has 124 valence electrons. The van der Waals surface area contributed by atoms with Crippen LogP contribution in [0.5, 0.6) is 5.75 Å². The third-order valence-corrected chi connectivity index (χ3v) is 3.46. The largest absolute Gasteiger partial charge is 0.495 e. The highest BCUT2D eigenvalue weighted by atomic mass is 35.5. The van der Waals surface area contributed by atoms with Crippen molar-refractivity contribution in [2.75, 3.05) is 12.4 Å². The molecule has 0 unspecified atom stereocenters. The average Bonchev–Trinajstić information content (AvgIpc) is 2.57. The van der Waals surface area contributed by atoms with Crippen molar-refractivity contribution in [3.63, 3.8) is 0 Å². The summed E-state index contributed by atoms with van der Waals surface area (Å²) in [5.74, 6) is -1.36. The van der Waals surface area contributed by atoms with Crippen LogP contribution in [0.2, 0.25) is 10.0 Å². The Morgan fingerprint density at radius 1 is 1.12 bits per heavy atom. The zero-order valence-electron chi connectivity index (χ0n) is 12.5. The van der Waals surface area contributed by atoms with Crippen molar-refractivity contribution in [3.05, 3.63) is 58.1 Å². The fourth-order valence-corrected chi connectivity index (χ4v) is 2.20. The molecule has 0 aliphatic heterocycles. The number of nitrogens with zero attached hydrogens (tertiary/aromatic N) is 1. The van der Waals surface area contributed by atoms with Gasteiger partial charge in [-0.2, -0.15) is 5.10 Å². The van der Waals surface area contributed by atoms with E-state index in [0.717, 1.165) is 0 Å². The van der Waals surface area contributed by atoms with Crippen molar-refractivity contribution < 1.29 is 14.3 Å².